The highest BCUT2D eigenvalue weighted by Gasteiger charge is 2.22. The molecule has 0 radical (unpaired) electrons. The number of nitrogens with zero attached hydrogens (tertiary/aromatic N) is 3. The summed E-state index contributed by atoms with van der Waals surface area (Å²) in [6, 6.07) is 19.7. The Labute approximate surface area is 153 Å². The van der Waals surface area contributed by atoms with Gasteiger partial charge in [-0.15, -0.1) is 0 Å². The SMILES string of the molecule is CCN(CCO)C(=O)c1cn(Cc2ccccc2)nc1-c1ccccc1. The van der Waals surface area contributed by atoms with Crippen LogP contribution in [0.1, 0.15) is 22.8 Å². The number of rotatable bonds is 7. The predicted molar refractivity (Wildman–Crippen MR) is 102 cm³/mol. The highest BCUT2D eigenvalue weighted by Crippen LogP contribution is 2.23. The van der Waals surface area contributed by atoms with Crippen molar-refractivity contribution in [1.29, 1.82) is 0 Å². The molecule has 134 valence electrons. The van der Waals surface area contributed by atoms with E-state index in [2.05, 4.69) is 5.10 Å². The third-order valence-corrected chi connectivity index (χ3v) is 4.27. The number of aliphatic hydroxyl groups excluding tert-OH is 1. The van der Waals surface area contributed by atoms with E-state index in [1.165, 1.54) is 0 Å². The zero-order valence-electron chi connectivity index (χ0n) is 14.9. The van der Waals surface area contributed by atoms with Crippen LogP contribution in [0.4, 0.5) is 0 Å². The van der Waals surface area contributed by atoms with Crippen molar-refractivity contribution in [2.45, 2.75) is 13.5 Å². The summed E-state index contributed by atoms with van der Waals surface area (Å²) in [7, 11) is 0. The smallest absolute Gasteiger partial charge is 0.257 e. The van der Waals surface area contributed by atoms with Crippen molar-refractivity contribution in [2.75, 3.05) is 19.7 Å². The molecule has 1 amide bonds. The third-order valence-electron chi connectivity index (χ3n) is 4.27. The first-order valence-corrected chi connectivity index (χ1v) is 8.80. The number of carbonyl (C=O) groups is 1. The molecule has 0 spiro atoms. The number of hydrogen-bond acceptors (Lipinski definition) is 3. The molecule has 1 heterocycles. The summed E-state index contributed by atoms with van der Waals surface area (Å²) in [6.45, 7) is 3.30. The molecule has 1 aromatic heterocycles. The van der Waals surface area contributed by atoms with Crippen LogP contribution in [-0.2, 0) is 6.54 Å². The van der Waals surface area contributed by atoms with Crippen LogP contribution in [0.3, 0.4) is 0 Å². The lowest BCUT2D eigenvalue weighted by Gasteiger charge is -2.19. The van der Waals surface area contributed by atoms with Gasteiger partial charge in [-0.3, -0.25) is 9.48 Å². The highest BCUT2D eigenvalue weighted by atomic mass is 16.3. The maximum absolute atomic E-state index is 13.0. The molecular formula is C21H23N3O2. The normalized spacial score (nSPS) is 10.7. The molecule has 0 saturated carbocycles. The van der Waals surface area contributed by atoms with Crippen molar-refractivity contribution < 1.29 is 9.90 Å². The molecule has 0 unspecified atom stereocenters. The summed E-state index contributed by atoms with van der Waals surface area (Å²) in [4.78, 5) is 14.6. The molecule has 0 saturated heterocycles. The first kappa shape index (κ1) is 17.9. The van der Waals surface area contributed by atoms with Crippen LogP contribution in [0.25, 0.3) is 11.3 Å². The van der Waals surface area contributed by atoms with E-state index in [4.69, 9.17) is 0 Å². The van der Waals surface area contributed by atoms with Crippen LogP contribution >= 0.6 is 0 Å². The fourth-order valence-corrected chi connectivity index (χ4v) is 2.93. The Morgan fingerprint density at radius 1 is 1.08 bits per heavy atom. The van der Waals surface area contributed by atoms with Crippen LogP contribution in [0.15, 0.2) is 66.9 Å². The molecule has 1 N–H and O–H groups in total. The van der Waals surface area contributed by atoms with Gasteiger partial charge in [0.2, 0.25) is 0 Å². The minimum absolute atomic E-state index is 0.0571. The Kier molecular flexibility index (Phi) is 5.81. The Morgan fingerprint density at radius 3 is 2.35 bits per heavy atom. The van der Waals surface area contributed by atoms with E-state index in [0.29, 0.717) is 30.9 Å². The molecule has 0 aliphatic carbocycles. The summed E-state index contributed by atoms with van der Waals surface area (Å²) in [6.07, 6.45) is 1.80. The van der Waals surface area contributed by atoms with Crippen LogP contribution in [0.5, 0.6) is 0 Å². The van der Waals surface area contributed by atoms with Gasteiger partial charge in [0.25, 0.3) is 5.91 Å². The molecule has 5 heteroatoms. The van der Waals surface area contributed by atoms with Crippen molar-refractivity contribution in [3.63, 3.8) is 0 Å². The second kappa shape index (κ2) is 8.45. The van der Waals surface area contributed by atoms with E-state index in [-0.39, 0.29) is 12.5 Å². The molecule has 2 aromatic carbocycles. The molecule has 0 fully saturated rings. The lowest BCUT2D eigenvalue weighted by Crippen LogP contribution is -2.33. The van der Waals surface area contributed by atoms with Gasteiger partial charge >= 0.3 is 0 Å². The van der Waals surface area contributed by atoms with E-state index in [9.17, 15) is 9.90 Å². The second-order valence-corrected chi connectivity index (χ2v) is 6.05. The van der Waals surface area contributed by atoms with E-state index in [1.807, 2.05) is 67.6 Å². The largest absolute Gasteiger partial charge is 0.395 e. The van der Waals surface area contributed by atoms with Crippen molar-refractivity contribution in [3.8, 4) is 11.3 Å². The zero-order valence-corrected chi connectivity index (χ0v) is 14.9. The molecule has 5 nitrogen and oxygen atoms in total. The Balaban J connectivity index is 1.99. The van der Waals surface area contributed by atoms with E-state index >= 15 is 0 Å². The maximum Gasteiger partial charge on any atom is 0.257 e. The summed E-state index contributed by atoms with van der Waals surface area (Å²) < 4.78 is 1.80. The van der Waals surface area contributed by atoms with Crippen LogP contribution in [0.2, 0.25) is 0 Å². The fraction of sp³-hybridized carbons (Fsp3) is 0.238. The summed E-state index contributed by atoms with van der Waals surface area (Å²) in [5, 5.41) is 13.9. The van der Waals surface area contributed by atoms with Crippen LogP contribution < -0.4 is 0 Å². The van der Waals surface area contributed by atoms with Gasteiger partial charge in [-0.05, 0) is 12.5 Å². The first-order valence-electron chi connectivity index (χ1n) is 8.80. The van der Waals surface area contributed by atoms with Gasteiger partial charge in [0, 0.05) is 24.8 Å². The van der Waals surface area contributed by atoms with Crippen molar-refractivity contribution >= 4 is 5.91 Å². The summed E-state index contributed by atoms with van der Waals surface area (Å²) >= 11 is 0. The summed E-state index contributed by atoms with van der Waals surface area (Å²) in [5.41, 5.74) is 3.25. The molecule has 3 rings (SSSR count). The van der Waals surface area contributed by atoms with Crippen molar-refractivity contribution in [1.82, 2.24) is 14.7 Å². The van der Waals surface area contributed by atoms with E-state index in [0.717, 1.165) is 11.1 Å². The maximum atomic E-state index is 13.0. The topological polar surface area (TPSA) is 58.4 Å². The molecule has 3 aromatic rings. The Hall–Kier alpha value is -2.92. The highest BCUT2D eigenvalue weighted by molar-refractivity contribution is 5.99. The number of hydrogen-bond donors (Lipinski definition) is 1. The van der Waals surface area contributed by atoms with Crippen LogP contribution in [0, 0.1) is 0 Å². The fourth-order valence-electron chi connectivity index (χ4n) is 2.93. The zero-order chi connectivity index (χ0) is 18.4. The second-order valence-electron chi connectivity index (χ2n) is 6.05. The molecule has 26 heavy (non-hydrogen) atoms. The van der Waals surface area contributed by atoms with Gasteiger partial charge in [-0.2, -0.15) is 5.10 Å². The molecule has 0 aliphatic heterocycles. The van der Waals surface area contributed by atoms with Gasteiger partial charge in [0.05, 0.1) is 18.7 Å². The lowest BCUT2D eigenvalue weighted by molar-refractivity contribution is 0.0732. The number of aromatic nitrogens is 2. The molecule has 0 bridgehead atoms. The molecule has 0 aliphatic rings. The monoisotopic (exact) mass is 349 g/mol. The predicted octanol–water partition coefficient (Wildman–Crippen LogP) is 3.05. The van der Waals surface area contributed by atoms with E-state index in [1.54, 1.807) is 15.8 Å². The summed E-state index contributed by atoms with van der Waals surface area (Å²) in [5.74, 6) is -0.111. The number of carbonyl (C=O) groups excluding carboxylic acids is 1. The number of benzene rings is 2. The quantitative estimate of drug-likeness (QED) is 0.713. The Morgan fingerprint density at radius 2 is 1.73 bits per heavy atom. The first-order chi connectivity index (χ1) is 12.7. The minimum Gasteiger partial charge on any atom is -0.395 e. The number of aliphatic hydroxyl groups is 1. The third kappa shape index (κ3) is 4.00. The lowest BCUT2D eigenvalue weighted by atomic mass is 10.1. The van der Waals surface area contributed by atoms with Crippen molar-refractivity contribution in [3.05, 3.63) is 78.0 Å². The number of likely N-dealkylation sites (N-methyl/N-ethyl adjacent to an activating group) is 1. The van der Waals surface area contributed by atoms with Gasteiger partial charge in [-0.1, -0.05) is 60.7 Å². The van der Waals surface area contributed by atoms with Gasteiger partial charge in [0.1, 0.15) is 5.69 Å². The number of amides is 1. The van der Waals surface area contributed by atoms with Crippen LogP contribution in [-0.4, -0.2) is 45.4 Å². The van der Waals surface area contributed by atoms with Gasteiger partial charge < -0.3 is 10.0 Å². The standard InChI is InChI=1S/C21H23N3O2/c1-2-23(13-14-25)21(26)19-16-24(15-17-9-5-3-6-10-17)22-20(19)18-11-7-4-8-12-18/h3-12,16,25H,2,13-15H2,1H3. The van der Waals surface area contributed by atoms with Crippen molar-refractivity contribution in [2.24, 2.45) is 0 Å². The van der Waals surface area contributed by atoms with E-state index < -0.39 is 0 Å². The average Bonchev–Trinajstić information content (AvgIpc) is 3.11. The average molecular weight is 349 g/mol. The minimum atomic E-state index is -0.111. The Bertz CT molecular complexity index is 844. The molecule has 0 atom stereocenters. The van der Waals surface area contributed by atoms with Gasteiger partial charge in [-0.25, -0.2) is 0 Å². The van der Waals surface area contributed by atoms with Gasteiger partial charge in [0.15, 0.2) is 0 Å². The molecular weight excluding hydrogens is 326 g/mol.